The molecule has 1 aliphatic rings. The van der Waals surface area contributed by atoms with Crippen molar-refractivity contribution in [1.82, 2.24) is 9.97 Å². The van der Waals surface area contributed by atoms with Gasteiger partial charge in [0, 0.05) is 17.6 Å². The van der Waals surface area contributed by atoms with Gasteiger partial charge < -0.3 is 10.1 Å². The van der Waals surface area contributed by atoms with Crippen LogP contribution < -0.4 is 10.1 Å². The minimum absolute atomic E-state index is 0. The maximum absolute atomic E-state index is 6.16. The molecule has 0 spiro atoms. The third-order valence-electron chi connectivity index (χ3n) is 4.17. The molecule has 0 unspecified atom stereocenters. The van der Waals surface area contributed by atoms with Gasteiger partial charge in [0.1, 0.15) is 17.3 Å². The van der Waals surface area contributed by atoms with Gasteiger partial charge in [0.15, 0.2) is 5.13 Å². The lowest BCUT2D eigenvalue weighted by Gasteiger charge is -2.19. The molecule has 1 aliphatic carbocycles. The summed E-state index contributed by atoms with van der Waals surface area (Å²) < 4.78 is 6.16. The van der Waals surface area contributed by atoms with E-state index >= 15 is 0 Å². The number of thiazole rings is 1. The van der Waals surface area contributed by atoms with Crippen LogP contribution in [0.4, 0.5) is 10.9 Å². The fourth-order valence-corrected chi connectivity index (χ4v) is 3.73. The molecule has 0 radical (unpaired) electrons. The Morgan fingerprint density at radius 3 is 2.88 bits per heavy atom. The number of fused-ring (bicyclic) bond motifs is 1. The molecule has 2 heterocycles. The molecule has 3 aromatic rings. The number of hydrogen-bond acceptors (Lipinski definition) is 5. The Bertz CT molecular complexity index is 865. The van der Waals surface area contributed by atoms with Gasteiger partial charge in [-0.3, -0.25) is 0 Å². The minimum Gasteiger partial charge on any atom is -0.457 e. The smallest absolute Gasteiger partial charge is 0.188 e. The molecule has 0 saturated carbocycles. The Labute approximate surface area is 157 Å². The summed E-state index contributed by atoms with van der Waals surface area (Å²) >= 11 is 1.57. The SMILES string of the molecule is Cc1csc(Nc2cc(Oc3cccc4c3CCCC4)ccn2)n1.Cl. The van der Waals surface area contributed by atoms with Gasteiger partial charge >= 0.3 is 0 Å². The van der Waals surface area contributed by atoms with Crippen LogP contribution in [-0.4, -0.2) is 9.97 Å². The molecule has 0 atom stereocenters. The van der Waals surface area contributed by atoms with Crippen LogP contribution in [0.5, 0.6) is 11.5 Å². The van der Waals surface area contributed by atoms with Crippen molar-refractivity contribution < 1.29 is 4.74 Å². The van der Waals surface area contributed by atoms with Crippen LogP contribution in [0.1, 0.15) is 29.7 Å². The lowest BCUT2D eigenvalue weighted by molar-refractivity contribution is 0.470. The van der Waals surface area contributed by atoms with Gasteiger partial charge in [0.05, 0.1) is 5.69 Å². The van der Waals surface area contributed by atoms with Crippen LogP contribution in [0.2, 0.25) is 0 Å². The number of halogens is 1. The number of aromatic nitrogens is 2. The highest BCUT2D eigenvalue weighted by molar-refractivity contribution is 7.13. The van der Waals surface area contributed by atoms with Crippen molar-refractivity contribution in [2.24, 2.45) is 0 Å². The van der Waals surface area contributed by atoms with E-state index in [-0.39, 0.29) is 12.4 Å². The number of nitrogens with one attached hydrogen (secondary N) is 1. The van der Waals surface area contributed by atoms with E-state index in [4.69, 9.17) is 4.74 Å². The van der Waals surface area contributed by atoms with Gasteiger partial charge in [0.2, 0.25) is 0 Å². The summed E-state index contributed by atoms with van der Waals surface area (Å²) in [4.78, 5) is 8.75. The van der Waals surface area contributed by atoms with E-state index in [9.17, 15) is 0 Å². The Morgan fingerprint density at radius 2 is 2.04 bits per heavy atom. The molecule has 25 heavy (non-hydrogen) atoms. The highest BCUT2D eigenvalue weighted by atomic mass is 35.5. The first-order valence-corrected chi connectivity index (χ1v) is 9.10. The Morgan fingerprint density at radius 1 is 1.16 bits per heavy atom. The minimum atomic E-state index is 0. The van der Waals surface area contributed by atoms with Crippen molar-refractivity contribution in [3.8, 4) is 11.5 Å². The highest BCUT2D eigenvalue weighted by Gasteiger charge is 2.14. The van der Waals surface area contributed by atoms with Gasteiger partial charge in [-0.15, -0.1) is 23.7 Å². The third-order valence-corrected chi connectivity index (χ3v) is 5.04. The lowest BCUT2D eigenvalue weighted by Crippen LogP contribution is -2.04. The molecule has 0 aliphatic heterocycles. The molecule has 0 bridgehead atoms. The normalized spacial score (nSPS) is 12.8. The largest absolute Gasteiger partial charge is 0.457 e. The highest BCUT2D eigenvalue weighted by Crippen LogP contribution is 2.33. The van der Waals surface area contributed by atoms with Crippen LogP contribution in [-0.2, 0) is 12.8 Å². The number of aryl methyl sites for hydroxylation is 2. The number of pyridine rings is 1. The lowest BCUT2D eigenvalue weighted by atomic mass is 9.91. The number of ether oxygens (including phenoxy) is 1. The average Bonchev–Trinajstić information content (AvgIpc) is 3.00. The van der Waals surface area contributed by atoms with Gasteiger partial charge in [-0.2, -0.15) is 0 Å². The molecule has 0 amide bonds. The van der Waals surface area contributed by atoms with E-state index in [1.807, 2.05) is 24.4 Å². The fraction of sp³-hybridized carbons (Fsp3) is 0.263. The first-order chi connectivity index (χ1) is 11.8. The van der Waals surface area contributed by atoms with E-state index < -0.39 is 0 Å². The molecule has 1 N–H and O–H groups in total. The number of rotatable bonds is 4. The zero-order valence-corrected chi connectivity index (χ0v) is 15.6. The van der Waals surface area contributed by atoms with Crippen molar-refractivity contribution >= 4 is 34.7 Å². The molecular formula is C19H20ClN3OS. The molecule has 1 aromatic carbocycles. The first kappa shape index (κ1) is 17.7. The molecule has 4 nitrogen and oxygen atoms in total. The number of benzene rings is 1. The number of nitrogens with zero attached hydrogens (tertiary/aromatic N) is 2. The zero-order chi connectivity index (χ0) is 16.4. The predicted molar refractivity (Wildman–Crippen MR) is 105 cm³/mol. The van der Waals surface area contributed by atoms with E-state index in [2.05, 4.69) is 33.5 Å². The van der Waals surface area contributed by atoms with Crippen molar-refractivity contribution in [3.63, 3.8) is 0 Å². The summed E-state index contributed by atoms with van der Waals surface area (Å²) in [6.07, 6.45) is 6.51. The molecule has 2 aromatic heterocycles. The van der Waals surface area contributed by atoms with E-state index in [1.54, 1.807) is 17.5 Å². The monoisotopic (exact) mass is 373 g/mol. The maximum Gasteiger partial charge on any atom is 0.188 e. The molecule has 0 fully saturated rings. The Hall–Kier alpha value is -2.11. The van der Waals surface area contributed by atoms with Crippen molar-refractivity contribution in [3.05, 3.63) is 58.7 Å². The Kier molecular flexibility index (Phi) is 5.56. The average molecular weight is 374 g/mol. The van der Waals surface area contributed by atoms with Gasteiger partial charge in [-0.1, -0.05) is 12.1 Å². The van der Waals surface area contributed by atoms with Crippen LogP contribution in [0.25, 0.3) is 0 Å². The summed E-state index contributed by atoms with van der Waals surface area (Å²) in [7, 11) is 0. The second kappa shape index (κ2) is 7.85. The summed E-state index contributed by atoms with van der Waals surface area (Å²) in [5, 5.41) is 6.08. The summed E-state index contributed by atoms with van der Waals surface area (Å²) in [6, 6.07) is 10.2. The third kappa shape index (κ3) is 4.11. The van der Waals surface area contributed by atoms with Crippen LogP contribution in [0.3, 0.4) is 0 Å². The van der Waals surface area contributed by atoms with Crippen molar-refractivity contribution in [2.45, 2.75) is 32.6 Å². The van der Waals surface area contributed by atoms with E-state index in [0.717, 1.165) is 41.0 Å². The maximum atomic E-state index is 6.16. The van der Waals surface area contributed by atoms with E-state index in [0.29, 0.717) is 0 Å². The molecule has 6 heteroatoms. The summed E-state index contributed by atoms with van der Waals surface area (Å²) in [6.45, 7) is 1.98. The predicted octanol–water partition coefficient (Wildman–Crippen LogP) is 5.68. The van der Waals surface area contributed by atoms with E-state index in [1.165, 1.54) is 24.0 Å². The second-order valence-electron chi connectivity index (χ2n) is 6.00. The van der Waals surface area contributed by atoms with Gasteiger partial charge in [-0.05, 0) is 55.9 Å². The molecule has 0 saturated heterocycles. The number of anilines is 2. The summed E-state index contributed by atoms with van der Waals surface area (Å²) in [5.41, 5.74) is 3.78. The second-order valence-corrected chi connectivity index (χ2v) is 6.86. The fourth-order valence-electron chi connectivity index (χ4n) is 3.03. The van der Waals surface area contributed by atoms with Crippen LogP contribution >= 0.6 is 23.7 Å². The Balaban J connectivity index is 0.00000182. The summed E-state index contributed by atoms with van der Waals surface area (Å²) in [5.74, 6) is 2.50. The topological polar surface area (TPSA) is 47.0 Å². The first-order valence-electron chi connectivity index (χ1n) is 8.22. The van der Waals surface area contributed by atoms with Crippen molar-refractivity contribution in [1.29, 1.82) is 0 Å². The molecule has 130 valence electrons. The van der Waals surface area contributed by atoms with Crippen molar-refractivity contribution in [2.75, 3.05) is 5.32 Å². The molecular weight excluding hydrogens is 354 g/mol. The van der Waals surface area contributed by atoms with Gasteiger partial charge in [0.25, 0.3) is 0 Å². The quantitative estimate of drug-likeness (QED) is 0.638. The number of hydrogen-bond donors (Lipinski definition) is 1. The standard InChI is InChI=1S/C19H19N3OS.ClH/c1-13-12-24-19(21-13)22-18-11-15(9-10-20-18)23-17-8-4-6-14-5-2-3-7-16(14)17;/h4,6,8-12H,2-3,5,7H2,1H3,(H,20,21,22);1H. The van der Waals surface area contributed by atoms with Crippen LogP contribution in [0.15, 0.2) is 41.9 Å². The zero-order valence-electron chi connectivity index (χ0n) is 14.0. The molecule has 4 rings (SSSR count). The van der Waals surface area contributed by atoms with Crippen LogP contribution in [0, 0.1) is 6.92 Å². The van der Waals surface area contributed by atoms with Gasteiger partial charge in [-0.25, -0.2) is 9.97 Å².